The second kappa shape index (κ2) is 9.92. The van der Waals surface area contributed by atoms with Crippen molar-refractivity contribution in [1.82, 2.24) is 15.1 Å². The van der Waals surface area contributed by atoms with Gasteiger partial charge in [-0.05, 0) is 56.5 Å². The van der Waals surface area contributed by atoms with E-state index in [0.717, 1.165) is 52.0 Å². The highest BCUT2D eigenvalue weighted by molar-refractivity contribution is 6.42. The SMILES string of the molecule is COCC1CCN(C2CCN(C(=O)CNC(=O)c3ccc(Cl)c(Cl)c3)C2)CC1. The normalized spacial score (nSPS) is 21.1. The molecule has 1 unspecified atom stereocenters. The number of piperidine rings is 1. The van der Waals surface area contributed by atoms with Gasteiger partial charge in [-0.15, -0.1) is 0 Å². The third-order valence-corrected chi connectivity index (χ3v) is 6.40. The van der Waals surface area contributed by atoms with E-state index in [1.54, 1.807) is 19.2 Å². The van der Waals surface area contributed by atoms with Gasteiger partial charge in [0.1, 0.15) is 0 Å². The van der Waals surface area contributed by atoms with Gasteiger partial charge in [0.25, 0.3) is 5.91 Å². The summed E-state index contributed by atoms with van der Waals surface area (Å²) in [6, 6.07) is 5.08. The average molecular weight is 428 g/mol. The molecule has 0 aliphatic carbocycles. The van der Waals surface area contributed by atoms with Crippen LogP contribution in [0.2, 0.25) is 10.0 Å². The Hall–Kier alpha value is -1.34. The maximum atomic E-state index is 12.5. The van der Waals surface area contributed by atoms with Crippen molar-refractivity contribution in [2.75, 3.05) is 46.4 Å². The number of hydrogen-bond acceptors (Lipinski definition) is 4. The quantitative estimate of drug-likeness (QED) is 0.757. The van der Waals surface area contributed by atoms with Crippen molar-refractivity contribution in [2.45, 2.75) is 25.3 Å². The molecule has 0 spiro atoms. The zero-order chi connectivity index (χ0) is 20.1. The van der Waals surface area contributed by atoms with Crippen LogP contribution in [0.5, 0.6) is 0 Å². The lowest BCUT2D eigenvalue weighted by Gasteiger charge is -2.35. The number of halogens is 2. The summed E-state index contributed by atoms with van der Waals surface area (Å²) in [5.74, 6) is 0.269. The number of nitrogens with one attached hydrogen (secondary N) is 1. The molecule has 8 heteroatoms. The Morgan fingerprint density at radius 2 is 1.89 bits per heavy atom. The molecule has 3 rings (SSSR count). The topological polar surface area (TPSA) is 61.9 Å². The lowest BCUT2D eigenvalue weighted by molar-refractivity contribution is -0.129. The number of methoxy groups -OCH3 is 1. The Morgan fingerprint density at radius 1 is 1.14 bits per heavy atom. The molecular weight excluding hydrogens is 401 g/mol. The number of carbonyl (C=O) groups is 2. The summed E-state index contributed by atoms with van der Waals surface area (Å²) in [4.78, 5) is 29.1. The Morgan fingerprint density at radius 3 is 2.57 bits per heavy atom. The van der Waals surface area contributed by atoms with E-state index in [1.807, 2.05) is 4.90 Å². The van der Waals surface area contributed by atoms with Gasteiger partial charge in [-0.25, -0.2) is 0 Å². The van der Waals surface area contributed by atoms with Crippen LogP contribution in [0, 0.1) is 5.92 Å². The summed E-state index contributed by atoms with van der Waals surface area (Å²) in [7, 11) is 1.76. The zero-order valence-electron chi connectivity index (χ0n) is 16.1. The second-order valence-electron chi connectivity index (χ2n) is 7.53. The molecule has 0 aromatic heterocycles. The van der Waals surface area contributed by atoms with Crippen LogP contribution in [-0.4, -0.2) is 74.1 Å². The Labute approximate surface area is 176 Å². The molecule has 2 amide bonds. The van der Waals surface area contributed by atoms with Crippen LogP contribution in [0.15, 0.2) is 18.2 Å². The summed E-state index contributed by atoms with van der Waals surface area (Å²) in [5.41, 5.74) is 0.389. The van der Waals surface area contributed by atoms with Gasteiger partial charge < -0.3 is 15.0 Å². The van der Waals surface area contributed by atoms with Crippen molar-refractivity contribution in [1.29, 1.82) is 0 Å². The summed E-state index contributed by atoms with van der Waals surface area (Å²) in [6.45, 7) is 4.42. The van der Waals surface area contributed by atoms with Crippen LogP contribution in [0.25, 0.3) is 0 Å². The van der Waals surface area contributed by atoms with E-state index < -0.39 is 0 Å². The Bertz CT molecular complexity index is 708. The lowest BCUT2D eigenvalue weighted by atomic mass is 9.96. The van der Waals surface area contributed by atoms with E-state index in [-0.39, 0.29) is 18.4 Å². The molecule has 1 atom stereocenters. The maximum absolute atomic E-state index is 12.5. The van der Waals surface area contributed by atoms with Crippen molar-refractivity contribution in [3.8, 4) is 0 Å². The molecule has 6 nitrogen and oxygen atoms in total. The second-order valence-corrected chi connectivity index (χ2v) is 8.34. The maximum Gasteiger partial charge on any atom is 0.251 e. The van der Waals surface area contributed by atoms with Gasteiger partial charge in [-0.3, -0.25) is 14.5 Å². The molecule has 0 bridgehead atoms. The first-order valence-electron chi connectivity index (χ1n) is 9.72. The van der Waals surface area contributed by atoms with Crippen molar-refractivity contribution >= 4 is 35.0 Å². The molecule has 2 saturated heterocycles. The van der Waals surface area contributed by atoms with Crippen LogP contribution in [0.3, 0.4) is 0 Å². The zero-order valence-corrected chi connectivity index (χ0v) is 17.6. The predicted molar refractivity (Wildman–Crippen MR) is 110 cm³/mol. The van der Waals surface area contributed by atoms with Gasteiger partial charge in [0, 0.05) is 38.4 Å². The summed E-state index contributed by atoms with van der Waals surface area (Å²) < 4.78 is 5.26. The third-order valence-electron chi connectivity index (χ3n) is 5.67. The number of benzene rings is 1. The molecule has 28 heavy (non-hydrogen) atoms. The highest BCUT2D eigenvalue weighted by Crippen LogP contribution is 2.24. The molecule has 1 N–H and O–H groups in total. The first-order valence-corrected chi connectivity index (χ1v) is 10.5. The van der Waals surface area contributed by atoms with Crippen molar-refractivity contribution in [3.05, 3.63) is 33.8 Å². The molecular formula is C20H27Cl2N3O3. The standard InChI is InChI=1S/C20H27Cl2N3O3/c1-28-13-14-4-7-24(8-5-14)16-6-9-25(12-16)19(26)11-23-20(27)15-2-3-17(21)18(22)10-15/h2-3,10,14,16H,4-9,11-13H2,1H3,(H,23,27). The average Bonchev–Trinajstić information content (AvgIpc) is 3.19. The first kappa shape index (κ1) is 21.4. The fourth-order valence-corrected chi connectivity index (χ4v) is 4.29. The number of carbonyl (C=O) groups excluding carboxylic acids is 2. The summed E-state index contributed by atoms with van der Waals surface area (Å²) in [5, 5.41) is 3.39. The molecule has 1 aromatic carbocycles. The monoisotopic (exact) mass is 427 g/mol. The molecule has 154 valence electrons. The molecule has 0 saturated carbocycles. The lowest BCUT2D eigenvalue weighted by Crippen LogP contribution is -2.45. The third kappa shape index (κ3) is 5.38. The van der Waals surface area contributed by atoms with Gasteiger partial charge in [0.15, 0.2) is 0 Å². The number of hydrogen-bond donors (Lipinski definition) is 1. The Kier molecular flexibility index (Phi) is 7.57. The Balaban J connectivity index is 1.43. The van der Waals surface area contributed by atoms with Crippen LogP contribution >= 0.6 is 23.2 Å². The summed E-state index contributed by atoms with van der Waals surface area (Å²) >= 11 is 11.8. The number of ether oxygens (including phenoxy) is 1. The minimum absolute atomic E-state index is 0.0122. The number of likely N-dealkylation sites (tertiary alicyclic amines) is 2. The summed E-state index contributed by atoms with van der Waals surface area (Å²) in [6.07, 6.45) is 3.29. The molecule has 2 aliphatic heterocycles. The van der Waals surface area contributed by atoms with Gasteiger partial charge in [0.05, 0.1) is 16.6 Å². The molecule has 2 heterocycles. The van der Waals surface area contributed by atoms with E-state index in [4.69, 9.17) is 27.9 Å². The minimum Gasteiger partial charge on any atom is -0.384 e. The fourth-order valence-electron chi connectivity index (χ4n) is 3.99. The molecule has 2 aliphatic rings. The number of amides is 2. The largest absolute Gasteiger partial charge is 0.384 e. The molecule has 1 aromatic rings. The van der Waals surface area contributed by atoms with Crippen molar-refractivity contribution in [2.24, 2.45) is 5.92 Å². The highest BCUT2D eigenvalue weighted by Gasteiger charge is 2.32. The number of nitrogens with zero attached hydrogens (tertiary/aromatic N) is 2. The van der Waals surface area contributed by atoms with E-state index >= 15 is 0 Å². The van der Waals surface area contributed by atoms with Crippen molar-refractivity contribution in [3.63, 3.8) is 0 Å². The minimum atomic E-state index is -0.331. The first-order chi connectivity index (χ1) is 13.5. The van der Waals surface area contributed by atoms with Gasteiger partial charge in [0.2, 0.25) is 5.91 Å². The van der Waals surface area contributed by atoms with Crippen LogP contribution in [0.1, 0.15) is 29.6 Å². The van der Waals surface area contributed by atoms with E-state index in [1.165, 1.54) is 6.07 Å². The van der Waals surface area contributed by atoms with E-state index in [0.29, 0.717) is 27.6 Å². The van der Waals surface area contributed by atoms with Crippen molar-refractivity contribution < 1.29 is 14.3 Å². The van der Waals surface area contributed by atoms with Crippen LogP contribution in [0.4, 0.5) is 0 Å². The van der Waals surface area contributed by atoms with Gasteiger partial charge >= 0.3 is 0 Å². The smallest absolute Gasteiger partial charge is 0.251 e. The number of rotatable bonds is 6. The van der Waals surface area contributed by atoms with Crippen LogP contribution < -0.4 is 5.32 Å². The molecule has 2 fully saturated rings. The van der Waals surface area contributed by atoms with Gasteiger partial charge in [-0.2, -0.15) is 0 Å². The van der Waals surface area contributed by atoms with Crippen LogP contribution in [-0.2, 0) is 9.53 Å². The molecule has 0 radical (unpaired) electrons. The highest BCUT2D eigenvalue weighted by atomic mass is 35.5. The van der Waals surface area contributed by atoms with E-state index in [2.05, 4.69) is 10.2 Å². The van der Waals surface area contributed by atoms with E-state index in [9.17, 15) is 9.59 Å². The predicted octanol–water partition coefficient (Wildman–Crippen LogP) is 2.68. The van der Waals surface area contributed by atoms with Gasteiger partial charge in [-0.1, -0.05) is 23.2 Å². The fraction of sp³-hybridized carbons (Fsp3) is 0.600.